The van der Waals surface area contributed by atoms with Crippen LogP contribution in [-0.4, -0.2) is 6.04 Å². The second kappa shape index (κ2) is 7.18. The van der Waals surface area contributed by atoms with E-state index in [1.807, 2.05) is 6.07 Å². The lowest BCUT2D eigenvalue weighted by atomic mass is 9.99. The van der Waals surface area contributed by atoms with Crippen LogP contribution in [0.5, 0.6) is 0 Å². The summed E-state index contributed by atoms with van der Waals surface area (Å²) in [7, 11) is 0. The Morgan fingerprint density at radius 3 is 2.43 bits per heavy atom. The molecule has 6 heteroatoms. The summed E-state index contributed by atoms with van der Waals surface area (Å²) in [6, 6.07) is 8.36. The van der Waals surface area contributed by atoms with Crippen molar-refractivity contribution in [1.29, 1.82) is 0 Å². The lowest BCUT2D eigenvalue weighted by molar-refractivity contribution is 0.502. The molecule has 2 rings (SSSR count). The molecule has 0 aromatic heterocycles. The monoisotopic (exact) mass is 330 g/mol. The molecule has 0 spiro atoms. The Hall–Kier alpha value is -1.20. The van der Waals surface area contributed by atoms with Crippen LogP contribution in [0.25, 0.3) is 0 Å². The quantitative estimate of drug-likeness (QED) is 0.644. The van der Waals surface area contributed by atoms with Crippen molar-refractivity contribution in [1.82, 2.24) is 5.43 Å². The van der Waals surface area contributed by atoms with Gasteiger partial charge in [-0.1, -0.05) is 29.3 Å². The van der Waals surface area contributed by atoms with E-state index in [9.17, 15) is 8.78 Å². The fourth-order valence-corrected chi connectivity index (χ4v) is 2.43. The first-order valence-electron chi connectivity index (χ1n) is 6.33. The van der Waals surface area contributed by atoms with Crippen molar-refractivity contribution in [2.75, 3.05) is 0 Å². The van der Waals surface area contributed by atoms with Crippen LogP contribution in [0.1, 0.15) is 11.1 Å². The third-order valence-corrected chi connectivity index (χ3v) is 3.91. The van der Waals surface area contributed by atoms with Crippen LogP contribution in [0, 0.1) is 11.6 Å². The minimum atomic E-state index is -0.475. The lowest BCUT2D eigenvalue weighted by Gasteiger charge is -2.17. The summed E-state index contributed by atoms with van der Waals surface area (Å²) in [5.74, 6) is 4.57. The summed E-state index contributed by atoms with van der Waals surface area (Å²) in [6.07, 6.45) is 0.781. The molecule has 0 saturated heterocycles. The van der Waals surface area contributed by atoms with Gasteiger partial charge in [-0.15, -0.1) is 0 Å². The molecule has 0 bridgehead atoms. The van der Waals surface area contributed by atoms with Gasteiger partial charge in [-0.25, -0.2) is 8.78 Å². The van der Waals surface area contributed by atoms with E-state index in [-0.39, 0.29) is 18.0 Å². The number of benzene rings is 2. The molecule has 2 aromatic rings. The number of hydrogen-bond acceptors (Lipinski definition) is 2. The van der Waals surface area contributed by atoms with Crippen molar-refractivity contribution in [2.45, 2.75) is 18.9 Å². The summed E-state index contributed by atoms with van der Waals surface area (Å²) in [5, 5.41) is 0.913. The molecular weight excluding hydrogens is 317 g/mol. The highest BCUT2D eigenvalue weighted by molar-refractivity contribution is 6.42. The first kappa shape index (κ1) is 16.2. The average Bonchev–Trinajstić information content (AvgIpc) is 2.46. The summed E-state index contributed by atoms with van der Waals surface area (Å²) >= 11 is 11.8. The van der Waals surface area contributed by atoms with Crippen LogP contribution in [0.4, 0.5) is 8.78 Å². The van der Waals surface area contributed by atoms with Crippen LogP contribution in [0.15, 0.2) is 36.4 Å². The Morgan fingerprint density at radius 2 is 1.76 bits per heavy atom. The van der Waals surface area contributed by atoms with E-state index >= 15 is 0 Å². The third-order valence-electron chi connectivity index (χ3n) is 3.18. The molecule has 1 atom stereocenters. The van der Waals surface area contributed by atoms with E-state index in [4.69, 9.17) is 29.0 Å². The van der Waals surface area contributed by atoms with Gasteiger partial charge in [-0.05, 0) is 54.3 Å². The topological polar surface area (TPSA) is 38.0 Å². The zero-order valence-corrected chi connectivity index (χ0v) is 12.6. The zero-order valence-electron chi connectivity index (χ0n) is 11.0. The van der Waals surface area contributed by atoms with Crippen LogP contribution >= 0.6 is 23.2 Å². The summed E-state index contributed by atoms with van der Waals surface area (Å²) in [5.41, 5.74) is 3.80. The number of nitrogens with one attached hydrogen (secondary N) is 1. The van der Waals surface area contributed by atoms with Gasteiger partial charge in [-0.2, -0.15) is 0 Å². The molecule has 0 radical (unpaired) electrons. The Kier molecular flexibility index (Phi) is 5.53. The smallest absolute Gasteiger partial charge is 0.126 e. The van der Waals surface area contributed by atoms with Crippen molar-refractivity contribution in [3.05, 3.63) is 69.2 Å². The van der Waals surface area contributed by atoms with Crippen LogP contribution in [0.2, 0.25) is 10.0 Å². The van der Waals surface area contributed by atoms with Gasteiger partial charge < -0.3 is 0 Å². The number of hydrazine groups is 1. The first-order chi connectivity index (χ1) is 9.99. The summed E-state index contributed by atoms with van der Waals surface area (Å²) in [4.78, 5) is 0. The lowest BCUT2D eigenvalue weighted by Crippen LogP contribution is -2.38. The number of nitrogens with two attached hydrogens (primary N) is 1. The normalized spacial score (nSPS) is 12.4. The zero-order chi connectivity index (χ0) is 15.4. The van der Waals surface area contributed by atoms with E-state index in [1.54, 1.807) is 12.1 Å². The van der Waals surface area contributed by atoms with Gasteiger partial charge in [0, 0.05) is 6.04 Å². The largest absolute Gasteiger partial charge is 0.271 e. The van der Waals surface area contributed by atoms with E-state index in [1.165, 1.54) is 6.07 Å². The molecule has 0 saturated carbocycles. The van der Waals surface area contributed by atoms with Crippen LogP contribution < -0.4 is 11.3 Å². The van der Waals surface area contributed by atoms with Gasteiger partial charge in [0.1, 0.15) is 11.6 Å². The number of halogens is 4. The van der Waals surface area contributed by atoms with E-state index in [0.29, 0.717) is 16.5 Å². The predicted octanol–water partition coefficient (Wildman–Crippen LogP) is 3.89. The molecule has 3 N–H and O–H groups in total. The second-order valence-corrected chi connectivity index (χ2v) is 5.57. The molecule has 0 heterocycles. The Morgan fingerprint density at radius 1 is 1.00 bits per heavy atom. The van der Waals surface area contributed by atoms with Crippen LogP contribution in [-0.2, 0) is 12.8 Å². The van der Waals surface area contributed by atoms with Crippen molar-refractivity contribution in [3.8, 4) is 0 Å². The van der Waals surface area contributed by atoms with Gasteiger partial charge in [0.05, 0.1) is 10.0 Å². The fraction of sp³-hybridized carbons (Fsp3) is 0.200. The molecule has 0 aliphatic rings. The van der Waals surface area contributed by atoms with Crippen molar-refractivity contribution < 1.29 is 8.78 Å². The molecule has 0 fully saturated rings. The average molecular weight is 331 g/mol. The van der Waals surface area contributed by atoms with Gasteiger partial charge in [-0.3, -0.25) is 11.3 Å². The fourth-order valence-electron chi connectivity index (χ4n) is 2.11. The molecular formula is C15H14Cl2F2N2. The van der Waals surface area contributed by atoms with E-state index in [2.05, 4.69) is 5.43 Å². The molecule has 1 unspecified atom stereocenters. The molecule has 0 aliphatic carbocycles. The SMILES string of the molecule is NNC(Cc1ccc(Cl)c(Cl)c1)Cc1cc(F)ccc1F. The van der Waals surface area contributed by atoms with Crippen molar-refractivity contribution in [2.24, 2.45) is 5.84 Å². The number of rotatable bonds is 5. The Bertz CT molecular complexity index is 635. The van der Waals surface area contributed by atoms with Crippen molar-refractivity contribution >= 4 is 23.2 Å². The highest BCUT2D eigenvalue weighted by atomic mass is 35.5. The maximum Gasteiger partial charge on any atom is 0.126 e. The highest BCUT2D eigenvalue weighted by Gasteiger charge is 2.13. The molecule has 2 aromatic carbocycles. The van der Waals surface area contributed by atoms with Crippen LogP contribution in [0.3, 0.4) is 0 Å². The predicted molar refractivity (Wildman–Crippen MR) is 81.3 cm³/mol. The Labute approximate surface area is 131 Å². The first-order valence-corrected chi connectivity index (χ1v) is 7.09. The highest BCUT2D eigenvalue weighted by Crippen LogP contribution is 2.23. The van der Waals surface area contributed by atoms with Crippen molar-refractivity contribution in [3.63, 3.8) is 0 Å². The van der Waals surface area contributed by atoms with E-state index in [0.717, 1.165) is 17.7 Å². The molecule has 0 aliphatic heterocycles. The summed E-state index contributed by atoms with van der Waals surface area (Å²) in [6.45, 7) is 0. The van der Waals surface area contributed by atoms with Gasteiger partial charge >= 0.3 is 0 Å². The molecule has 21 heavy (non-hydrogen) atoms. The molecule has 112 valence electrons. The third kappa shape index (κ3) is 4.38. The van der Waals surface area contributed by atoms with Gasteiger partial charge in [0.15, 0.2) is 0 Å². The Balaban J connectivity index is 2.12. The second-order valence-electron chi connectivity index (χ2n) is 4.76. The number of hydrogen-bond donors (Lipinski definition) is 2. The van der Waals surface area contributed by atoms with Gasteiger partial charge in [0.25, 0.3) is 0 Å². The standard InChI is InChI=1S/C15H14Cl2F2N2/c16-13-3-1-9(6-14(13)17)5-12(21-20)8-10-7-11(18)2-4-15(10)19/h1-4,6-7,12,21H,5,8,20H2. The summed E-state index contributed by atoms with van der Waals surface area (Å²) < 4.78 is 26.8. The van der Waals surface area contributed by atoms with E-state index < -0.39 is 11.6 Å². The molecule has 2 nitrogen and oxygen atoms in total. The minimum Gasteiger partial charge on any atom is -0.271 e. The maximum absolute atomic E-state index is 13.6. The maximum atomic E-state index is 13.6. The minimum absolute atomic E-state index is 0.251. The molecule has 0 amide bonds. The van der Waals surface area contributed by atoms with Gasteiger partial charge in [0.2, 0.25) is 0 Å².